The molecule has 0 saturated carbocycles. The molecule has 0 unspecified atom stereocenters. The van der Waals surface area contributed by atoms with Crippen LogP contribution in [0.5, 0.6) is 0 Å². The van der Waals surface area contributed by atoms with E-state index in [0.717, 1.165) is 19.3 Å². The number of rotatable bonds is 32. The number of quaternary nitrogens is 1. The molecule has 0 radical (unpaired) electrons. The van der Waals surface area contributed by atoms with Crippen molar-refractivity contribution in [1.82, 2.24) is 0 Å². The van der Waals surface area contributed by atoms with Gasteiger partial charge in [-0.3, -0.25) is 9.59 Å². The van der Waals surface area contributed by atoms with Crippen LogP contribution in [0.15, 0.2) is 12.7 Å². The van der Waals surface area contributed by atoms with Gasteiger partial charge in [0.2, 0.25) is 0 Å². The first-order chi connectivity index (χ1) is 19.3. The topological polar surface area (TPSA) is 115 Å². The second-order valence-corrected chi connectivity index (χ2v) is 11.8. The maximum Gasteiger partial charge on any atom is 0.309 e. The number of unbranched alkanes of at least 4 members (excludes halogenated alkanes) is 20. The zero-order chi connectivity index (χ0) is 29.7. The number of hydrogen-bond donors (Lipinski definition) is 2. The molecule has 0 fully saturated rings. The van der Waals surface area contributed by atoms with Crippen molar-refractivity contribution >= 4 is 17.9 Å². The van der Waals surface area contributed by atoms with Crippen LogP contribution in [-0.2, 0) is 14.4 Å². The lowest BCUT2D eigenvalue weighted by Gasteiger charge is -2.38. The fourth-order valence-electron chi connectivity index (χ4n) is 5.58. The summed E-state index contributed by atoms with van der Waals surface area (Å²) < 4.78 is 0.225. The molecule has 40 heavy (non-hydrogen) atoms. The predicted molar refractivity (Wildman–Crippen MR) is 161 cm³/mol. The van der Waals surface area contributed by atoms with Crippen molar-refractivity contribution in [1.29, 1.82) is 0 Å². The highest BCUT2D eigenvalue weighted by Gasteiger charge is 2.28. The molecule has 0 amide bonds. The summed E-state index contributed by atoms with van der Waals surface area (Å²) in [6.07, 6.45) is 28.6. The second kappa shape index (κ2) is 27.3. The maximum absolute atomic E-state index is 11.1. The second-order valence-electron chi connectivity index (χ2n) is 11.8. The fourth-order valence-corrected chi connectivity index (χ4v) is 5.58. The first kappa shape index (κ1) is 38.1. The summed E-state index contributed by atoms with van der Waals surface area (Å²) in [5.41, 5.74) is 0. The molecule has 0 bridgehead atoms. The molecule has 0 atom stereocenters. The van der Waals surface area contributed by atoms with Crippen LogP contribution in [0.3, 0.4) is 0 Å². The monoisotopic (exact) mass is 567 g/mol. The minimum atomic E-state index is -1.18. The molecule has 0 rings (SSSR count). The number of carbonyl (C=O) groups is 3. The number of nitrogens with zero attached hydrogens (tertiary/aromatic N) is 1. The highest BCUT2D eigenvalue weighted by molar-refractivity contribution is 5.67. The molecule has 0 heterocycles. The highest BCUT2D eigenvalue weighted by atomic mass is 16.4. The number of carboxylic acid groups (broad SMARTS) is 3. The molecule has 0 aromatic carbocycles. The molecule has 0 aliphatic rings. The van der Waals surface area contributed by atoms with Gasteiger partial charge in [0.1, 0.15) is 0 Å². The van der Waals surface area contributed by atoms with E-state index >= 15 is 0 Å². The number of hydrogen-bond acceptors (Lipinski definition) is 4. The van der Waals surface area contributed by atoms with E-state index in [2.05, 4.69) is 6.58 Å². The van der Waals surface area contributed by atoms with Crippen molar-refractivity contribution in [3.05, 3.63) is 12.7 Å². The minimum Gasteiger partial charge on any atom is -0.550 e. The first-order valence-electron chi connectivity index (χ1n) is 16.4. The van der Waals surface area contributed by atoms with Gasteiger partial charge in [0.15, 0.2) is 0 Å². The van der Waals surface area contributed by atoms with Crippen LogP contribution in [0, 0.1) is 0 Å². The summed E-state index contributed by atoms with van der Waals surface area (Å²) in [6.45, 7) is 5.13. The van der Waals surface area contributed by atoms with Crippen LogP contribution in [-0.4, -0.2) is 58.8 Å². The van der Waals surface area contributed by atoms with E-state index in [9.17, 15) is 19.5 Å². The SMILES string of the molecule is C=CCCCCCCCCCCCCCCCCCCCCCC[N+](CCC(=O)[O-])(CCC(=O)O)CCC(=O)O. The average Bonchev–Trinajstić information content (AvgIpc) is 2.92. The van der Waals surface area contributed by atoms with Gasteiger partial charge in [-0.05, 0) is 25.7 Å². The molecular weight excluding hydrogens is 506 g/mol. The predicted octanol–water partition coefficient (Wildman–Crippen LogP) is 7.27. The van der Waals surface area contributed by atoms with Gasteiger partial charge < -0.3 is 24.6 Å². The van der Waals surface area contributed by atoms with Crippen molar-refractivity contribution in [3.63, 3.8) is 0 Å². The normalized spacial score (nSPS) is 11.5. The lowest BCUT2D eigenvalue weighted by molar-refractivity contribution is -0.927. The van der Waals surface area contributed by atoms with Crippen LogP contribution in [0.4, 0.5) is 0 Å². The molecule has 0 aromatic heterocycles. The Balaban J connectivity index is 3.78. The van der Waals surface area contributed by atoms with Crippen LogP contribution in [0.25, 0.3) is 0 Å². The smallest absolute Gasteiger partial charge is 0.309 e. The van der Waals surface area contributed by atoms with Crippen molar-refractivity contribution < 1.29 is 34.2 Å². The van der Waals surface area contributed by atoms with Crippen LogP contribution in [0.2, 0.25) is 0 Å². The third-order valence-electron chi connectivity index (χ3n) is 8.18. The summed E-state index contributed by atoms with van der Waals surface area (Å²) >= 11 is 0. The van der Waals surface area contributed by atoms with Gasteiger partial charge >= 0.3 is 11.9 Å². The Bertz CT molecular complexity index is 605. The molecule has 2 N–H and O–H groups in total. The molecule has 0 spiro atoms. The van der Waals surface area contributed by atoms with Crippen molar-refractivity contribution in [2.75, 3.05) is 26.2 Å². The Kier molecular flexibility index (Phi) is 26.0. The highest BCUT2D eigenvalue weighted by Crippen LogP contribution is 2.18. The Hall–Kier alpha value is -1.89. The van der Waals surface area contributed by atoms with E-state index in [4.69, 9.17) is 10.2 Å². The summed E-state index contributed by atoms with van der Waals surface area (Å²) in [6, 6.07) is 0. The summed E-state index contributed by atoms with van der Waals surface area (Å²) in [5, 5.41) is 29.3. The zero-order valence-electron chi connectivity index (χ0n) is 25.6. The lowest BCUT2D eigenvalue weighted by atomic mass is 10.0. The summed E-state index contributed by atoms with van der Waals surface area (Å²) in [7, 11) is 0. The van der Waals surface area contributed by atoms with Gasteiger partial charge in [-0.15, -0.1) is 6.58 Å². The van der Waals surface area contributed by atoms with E-state index in [1.165, 1.54) is 116 Å². The Morgan fingerprint density at radius 2 is 0.800 bits per heavy atom. The largest absolute Gasteiger partial charge is 0.550 e. The van der Waals surface area contributed by atoms with Crippen molar-refractivity contribution in [3.8, 4) is 0 Å². The average molecular weight is 568 g/mol. The standard InChI is InChI=1S/C33H61NO6/c1-2-3-4-5-6-7-8-9-10-11-12-13-14-15-16-17-18-19-20-21-22-23-27-34(28-24-31(35)36,29-25-32(37)38)30-26-33(39)40/h2H,1,3-30H2,(H2-,35,36,37,38,39,40). The van der Waals surface area contributed by atoms with Crippen LogP contribution < -0.4 is 5.11 Å². The van der Waals surface area contributed by atoms with Gasteiger partial charge in [-0.2, -0.15) is 0 Å². The maximum atomic E-state index is 11.1. The van der Waals surface area contributed by atoms with E-state index in [0.29, 0.717) is 6.54 Å². The minimum absolute atomic E-state index is 0.0934. The van der Waals surface area contributed by atoms with Gasteiger partial charge in [-0.25, -0.2) is 0 Å². The zero-order valence-corrected chi connectivity index (χ0v) is 25.6. The Morgan fingerprint density at radius 1 is 0.500 bits per heavy atom. The van der Waals surface area contributed by atoms with E-state index in [-0.39, 0.29) is 43.4 Å². The van der Waals surface area contributed by atoms with Crippen molar-refractivity contribution in [2.24, 2.45) is 0 Å². The lowest BCUT2D eigenvalue weighted by Crippen LogP contribution is -2.53. The molecular formula is C33H61NO6. The van der Waals surface area contributed by atoms with E-state index < -0.39 is 17.9 Å². The van der Waals surface area contributed by atoms with Gasteiger partial charge in [-0.1, -0.05) is 115 Å². The van der Waals surface area contributed by atoms with E-state index in [1.54, 1.807) is 0 Å². The van der Waals surface area contributed by atoms with E-state index in [1.807, 2.05) is 6.08 Å². The number of carbonyl (C=O) groups excluding carboxylic acids is 1. The number of allylic oxidation sites excluding steroid dienone is 1. The van der Waals surface area contributed by atoms with Gasteiger partial charge in [0.05, 0.1) is 39.0 Å². The summed E-state index contributed by atoms with van der Waals surface area (Å²) in [4.78, 5) is 33.3. The summed E-state index contributed by atoms with van der Waals surface area (Å²) in [5.74, 6) is -3.07. The molecule has 7 nitrogen and oxygen atoms in total. The van der Waals surface area contributed by atoms with Gasteiger partial charge in [0, 0.05) is 12.4 Å². The van der Waals surface area contributed by atoms with Crippen molar-refractivity contribution in [2.45, 2.75) is 154 Å². The fraction of sp³-hybridized carbons (Fsp3) is 0.848. The van der Waals surface area contributed by atoms with Gasteiger partial charge in [0.25, 0.3) is 0 Å². The Labute approximate surface area is 245 Å². The number of carboxylic acids is 3. The molecule has 0 aliphatic carbocycles. The first-order valence-corrected chi connectivity index (χ1v) is 16.4. The van der Waals surface area contributed by atoms with Crippen LogP contribution >= 0.6 is 0 Å². The Morgan fingerprint density at radius 3 is 1.10 bits per heavy atom. The molecule has 0 aliphatic heterocycles. The molecule has 7 heteroatoms. The van der Waals surface area contributed by atoms with Crippen LogP contribution in [0.1, 0.15) is 154 Å². The molecule has 0 aromatic rings. The third-order valence-corrected chi connectivity index (χ3v) is 8.18. The molecule has 0 saturated heterocycles. The third kappa shape index (κ3) is 26.3. The molecule has 234 valence electrons. The quantitative estimate of drug-likeness (QED) is 0.0502. The number of aliphatic carboxylic acids is 3.